The third kappa shape index (κ3) is 6.06. The van der Waals surface area contributed by atoms with E-state index in [1.165, 1.54) is 12.1 Å². The SMILES string of the molecule is CC(NC(=O)N(Cc1ccccc1O)CC1CCCO1)c1ccc(OC(F)F)cc1. The number of benzene rings is 2. The summed E-state index contributed by atoms with van der Waals surface area (Å²) in [5.74, 6) is 0.192. The minimum Gasteiger partial charge on any atom is -0.508 e. The maximum atomic E-state index is 13.0. The van der Waals surface area contributed by atoms with E-state index in [1.54, 1.807) is 35.2 Å². The van der Waals surface area contributed by atoms with Crippen LogP contribution in [0, 0.1) is 0 Å². The van der Waals surface area contributed by atoms with Gasteiger partial charge in [0, 0.05) is 18.7 Å². The highest BCUT2D eigenvalue weighted by Gasteiger charge is 2.24. The molecule has 162 valence electrons. The fourth-order valence-corrected chi connectivity index (χ4v) is 3.40. The molecule has 1 saturated heterocycles. The maximum absolute atomic E-state index is 13.0. The molecule has 8 heteroatoms. The van der Waals surface area contributed by atoms with Gasteiger partial charge in [-0.05, 0) is 43.5 Å². The van der Waals surface area contributed by atoms with Gasteiger partial charge < -0.3 is 24.8 Å². The van der Waals surface area contributed by atoms with Crippen molar-refractivity contribution in [1.82, 2.24) is 10.2 Å². The van der Waals surface area contributed by atoms with Gasteiger partial charge >= 0.3 is 12.6 Å². The van der Waals surface area contributed by atoms with Crippen molar-refractivity contribution < 1.29 is 28.2 Å². The fourth-order valence-electron chi connectivity index (χ4n) is 3.40. The van der Waals surface area contributed by atoms with Crippen LogP contribution in [0.15, 0.2) is 48.5 Å². The number of alkyl halides is 2. The summed E-state index contributed by atoms with van der Waals surface area (Å²) in [7, 11) is 0. The minimum atomic E-state index is -2.88. The standard InChI is InChI=1S/C22H26F2N2O4/c1-15(16-8-10-18(11-9-16)30-21(23)24)25-22(28)26(14-19-6-4-12-29-19)13-17-5-2-3-7-20(17)27/h2-3,5,7-11,15,19,21,27H,4,6,12-14H2,1H3,(H,25,28). The van der Waals surface area contributed by atoms with E-state index < -0.39 is 6.61 Å². The molecule has 1 heterocycles. The van der Waals surface area contributed by atoms with Crippen molar-refractivity contribution in [3.05, 3.63) is 59.7 Å². The van der Waals surface area contributed by atoms with Gasteiger partial charge in [-0.2, -0.15) is 8.78 Å². The Kier molecular flexibility index (Phi) is 7.46. The largest absolute Gasteiger partial charge is 0.508 e. The molecule has 2 aromatic carbocycles. The lowest BCUT2D eigenvalue weighted by atomic mass is 10.1. The Morgan fingerprint density at radius 3 is 2.63 bits per heavy atom. The number of halogens is 2. The normalized spacial score (nSPS) is 17.0. The van der Waals surface area contributed by atoms with E-state index in [0.29, 0.717) is 18.7 Å². The molecule has 0 saturated carbocycles. The van der Waals surface area contributed by atoms with Gasteiger partial charge in [-0.25, -0.2) is 4.79 Å². The lowest BCUT2D eigenvalue weighted by molar-refractivity contribution is -0.0498. The van der Waals surface area contributed by atoms with Crippen LogP contribution < -0.4 is 10.1 Å². The number of phenols is 1. The van der Waals surface area contributed by atoms with Crippen molar-refractivity contribution in [3.63, 3.8) is 0 Å². The molecule has 3 rings (SSSR count). The van der Waals surface area contributed by atoms with Crippen LogP contribution in [0.25, 0.3) is 0 Å². The van der Waals surface area contributed by atoms with E-state index >= 15 is 0 Å². The molecular weight excluding hydrogens is 394 g/mol. The first-order chi connectivity index (χ1) is 14.4. The highest BCUT2D eigenvalue weighted by Crippen LogP contribution is 2.22. The van der Waals surface area contributed by atoms with Gasteiger partial charge in [-0.15, -0.1) is 0 Å². The molecule has 2 atom stereocenters. The summed E-state index contributed by atoms with van der Waals surface area (Å²) in [6.07, 6.45) is 1.80. The minimum absolute atomic E-state index is 0.0392. The van der Waals surface area contributed by atoms with Crippen molar-refractivity contribution in [2.75, 3.05) is 13.2 Å². The van der Waals surface area contributed by atoms with Crippen molar-refractivity contribution in [1.29, 1.82) is 0 Å². The summed E-state index contributed by atoms with van der Waals surface area (Å²) in [5, 5.41) is 13.0. The molecule has 2 unspecified atom stereocenters. The van der Waals surface area contributed by atoms with Crippen molar-refractivity contribution in [2.45, 2.75) is 45.1 Å². The molecule has 0 spiro atoms. The van der Waals surface area contributed by atoms with Gasteiger partial charge in [0.15, 0.2) is 0 Å². The predicted molar refractivity (Wildman–Crippen MR) is 108 cm³/mol. The first kappa shape index (κ1) is 21.8. The molecule has 0 bridgehead atoms. The summed E-state index contributed by atoms with van der Waals surface area (Å²) in [4.78, 5) is 14.6. The first-order valence-electron chi connectivity index (χ1n) is 9.91. The van der Waals surface area contributed by atoms with Crippen molar-refractivity contribution >= 4 is 6.03 Å². The van der Waals surface area contributed by atoms with Crippen molar-refractivity contribution in [2.24, 2.45) is 0 Å². The smallest absolute Gasteiger partial charge is 0.387 e. The van der Waals surface area contributed by atoms with Crippen LogP contribution in [0.5, 0.6) is 11.5 Å². The van der Waals surface area contributed by atoms with E-state index in [2.05, 4.69) is 10.1 Å². The molecule has 2 amide bonds. The number of hydrogen-bond donors (Lipinski definition) is 2. The Bertz CT molecular complexity index is 826. The maximum Gasteiger partial charge on any atom is 0.387 e. The number of phenolic OH excluding ortho intramolecular Hbond substituents is 1. The van der Waals surface area contributed by atoms with Gasteiger partial charge in [0.2, 0.25) is 0 Å². The van der Waals surface area contributed by atoms with Gasteiger partial charge in [0.05, 0.1) is 18.7 Å². The van der Waals surface area contributed by atoms with Crippen molar-refractivity contribution in [3.8, 4) is 11.5 Å². The zero-order chi connectivity index (χ0) is 21.5. The second-order valence-electron chi connectivity index (χ2n) is 7.26. The van der Waals surface area contributed by atoms with Crippen LogP contribution >= 0.6 is 0 Å². The number of nitrogens with zero attached hydrogens (tertiary/aromatic N) is 1. The molecule has 1 aliphatic heterocycles. The topological polar surface area (TPSA) is 71.0 Å². The number of para-hydroxylation sites is 1. The third-order valence-corrected chi connectivity index (χ3v) is 5.03. The van der Waals surface area contributed by atoms with Crippen LogP contribution in [0.1, 0.15) is 36.9 Å². The van der Waals surface area contributed by atoms with Crippen LogP contribution in [-0.2, 0) is 11.3 Å². The first-order valence-corrected chi connectivity index (χ1v) is 9.91. The fraction of sp³-hybridized carbons (Fsp3) is 0.409. The molecule has 30 heavy (non-hydrogen) atoms. The van der Waals surface area contributed by atoms with E-state index in [4.69, 9.17) is 4.74 Å². The number of urea groups is 1. The number of aromatic hydroxyl groups is 1. The van der Waals surface area contributed by atoms with Crippen LogP contribution in [0.4, 0.5) is 13.6 Å². The summed E-state index contributed by atoms with van der Waals surface area (Å²) < 4.78 is 34.6. The van der Waals surface area contributed by atoms with E-state index in [1.807, 2.05) is 13.0 Å². The molecule has 2 N–H and O–H groups in total. The Hall–Kier alpha value is -2.87. The van der Waals surface area contributed by atoms with E-state index in [0.717, 1.165) is 18.4 Å². The Morgan fingerprint density at radius 1 is 1.27 bits per heavy atom. The molecule has 2 aromatic rings. The highest BCUT2D eigenvalue weighted by molar-refractivity contribution is 5.75. The zero-order valence-corrected chi connectivity index (χ0v) is 16.8. The monoisotopic (exact) mass is 420 g/mol. The summed E-state index contributed by atoms with van der Waals surface area (Å²) in [6.45, 7) is 0.264. The second-order valence-corrected chi connectivity index (χ2v) is 7.26. The summed E-state index contributed by atoms with van der Waals surface area (Å²) in [5.41, 5.74) is 1.40. The van der Waals surface area contributed by atoms with Gasteiger partial charge in [0.1, 0.15) is 11.5 Å². The van der Waals surface area contributed by atoms with E-state index in [9.17, 15) is 18.7 Å². The highest BCUT2D eigenvalue weighted by atomic mass is 19.3. The predicted octanol–water partition coefficient (Wildman–Crippen LogP) is 4.45. The number of nitrogens with one attached hydrogen (secondary N) is 1. The molecule has 1 fully saturated rings. The van der Waals surface area contributed by atoms with Gasteiger partial charge in [0.25, 0.3) is 0 Å². The second kappa shape index (κ2) is 10.2. The lowest BCUT2D eigenvalue weighted by Gasteiger charge is -2.28. The number of hydrogen-bond acceptors (Lipinski definition) is 4. The summed E-state index contributed by atoms with van der Waals surface area (Å²) in [6, 6.07) is 12.4. The average Bonchev–Trinajstić information content (AvgIpc) is 3.22. The number of carbonyl (C=O) groups excluding carboxylic acids is 1. The van der Waals surface area contributed by atoms with E-state index in [-0.39, 0.29) is 36.2 Å². The number of amides is 2. The average molecular weight is 420 g/mol. The third-order valence-electron chi connectivity index (χ3n) is 5.03. The molecular formula is C22H26F2N2O4. The molecule has 0 aromatic heterocycles. The van der Waals surface area contributed by atoms with Crippen LogP contribution in [0.3, 0.4) is 0 Å². The molecule has 6 nitrogen and oxygen atoms in total. The number of rotatable bonds is 8. The molecule has 0 aliphatic carbocycles. The summed E-state index contributed by atoms with van der Waals surface area (Å²) >= 11 is 0. The molecule has 0 radical (unpaired) electrons. The quantitative estimate of drug-likeness (QED) is 0.662. The Morgan fingerprint density at radius 2 is 2.00 bits per heavy atom. The number of carbonyl (C=O) groups is 1. The Balaban J connectivity index is 1.67. The number of ether oxygens (including phenoxy) is 2. The van der Waals surface area contributed by atoms with Crippen LogP contribution in [0.2, 0.25) is 0 Å². The molecule has 1 aliphatic rings. The Labute approximate surface area is 174 Å². The lowest BCUT2D eigenvalue weighted by Crippen LogP contribution is -2.44. The zero-order valence-electron chi connectivity index (χ0n) is 16.8. The van der Waals surface area contributed by atoms with Gasteiger partial charge in [-0.1, -0.05) is 30.3 Å². The van der Waals surface area contributed by atoms with Gasteiger partial charge in [-0.3, -0.25) is 0 Å². The van der Waals surface area contributed by atoms with Crippen LogP contribution in [-0.4, -0.2) is 41.9 Å².